The minimum atomic E-state index is -0.427. The maximum Gasteiger partial charge on any atom is 0.285 e. The number of aliphatic imine (C=N–C) groups is 1. The summed E-state index contributed by atoms with van der Waals surface area (Å²) in [6.07, 6.45) is 7.39. The van der Waals surface area contributed by atoms with Crippen LogP contribution in [0.1, 0.15) is 19.3 Å². The molecule has 2 unspecified atom stereocenters. The van der Waals surface area contributed by atoms with E-state index in [4.69, 9.17) is 9.84 Å². The normalized spacial score (nSPS) is 28.8. The molecule has 7 nitrogen and oxygen atoms in total. The van der Waals surface area contributed by atoms with Gasteiger partial charge in [0.2, 0.25) is 0 Å². The maximum absolute atomic E-state index is 10.9. The van der Waals surface area contributed by atoms with E-state index >= 15 is 0 Å². The minimum absolute atomic E-state index is 0.0198. The van der Waals surface area contributed by atoms with E-state index in [1.807, 2.05) is 0 Å². The van der Waals surface area contributed by atoms with Crippen molar-refractivity contribution in [2.45, 2.75) is 31.5 Å². The van der Waals surface area contributed by atoms with Gasteiger partial charge in [0, 0.05) is 12.5 Å². The van der Waals surface area contributed by atoms with Gasteiger partial charge < -0.3 is 9.84 Å². The predicted molar refractivity (Wildman–Crippen MR) is 71.4 cm³/mol. The molecule has 0 radical (unpaired) electrons. The Bertz CT molecular complexity index is 496. The molecule has 0 bridgehead atoms. The number of hydrogen-bond donors (Lipinski definition) is 1. The summed E-state index contributed by atoms with van der Waals surface area (Å²) >= 11 is 0. The SMILES string of the molecule is O=[N+]([O-])C1=CN2C(=NC(C3CC3)CC2OCCO)C=C1. The van der Waals surface area contributed by atoms with Crippen LogP contribution < -0.4 is 0 Å². The Kier molecular flexibility index (Phi) is 3.54. The van der Waals surface area contributed by atoms with Crippen molar-refractivity contribution in [1.82, 2.24) is 4.90 Å². The highest BCUT2D eigenvalue weighted by atomic mass is 16.6. The Morgan fingerprint density at radius 2 is 2.30 bits per heavy atom. The van der Waals surface area contributed by atoms with Crippen LogP contribution in [0.3, 0.4) is 0 Å². The molecule has 3 aliphatic rings. The second-order valence-electron chi connectivity index (χ2n) is 5.23. The third kappa shape index (κ3) is 2.59. The lowest BCUT2D eigenvalue weighted by Gasteiger charge is -2.37. The van der Waals surface area contributed by atoms with Crippen molar-refractivity contribution in [3.63, 3.8) is 0 Å². The van der Waals surface area contributed by atoms with Crippen molar-refractivity contribution in [3.05, 3.63) is 34.2 Å². The Morgan fingerprint density at radius 1 is 1.50 bits per heavy atom. The lowest BCUT2D eigenvalue weighted by atomic mass is 10.0. The fourth-order valence-corrected chi connectivity index (χ4v) is 2.60. The molecular weight excluding hydrogens is 262 g/mol. The first-order valence-electron chi connectivity index (χ1n) is 6.82. The molecule has 0 aromatic carbocycles. The van der Waals surface area contributed by atoms with Crippen molar-refractivity contribution < 1.29 is 14.8 Å². The molecule has 0 aromatic heterocycles. The summed E-state index contributed by atoms with van der Waals surface area (Å²) < 4.78 is 5.63. The van der Waals surface area contributed by atoms with E-state index in [2.05, 4.69) is 4.99 Å². The van der Waals surface area contributed by atoms with Gasteiger partial charge in [-0.3, -0.25) is 20.0 Å². The first-order valence-corrected chi connectivity index (χ1v) is 6.82. The summed E-state index contributed by atoms with van der Waals surface area (Å²) in [5.41, 5.74) is 0.0198. The highest BCUT2D eigenvalue weighted by Gasteiger charge is 2.39. The van der Waals surface area contributed by atoms with E-state index in [0.717, 1.165) is 0 Å². The van der Waals surface area contributed by atoms with Crippen molar-refractivity contribution in [2.75, 3.05) is 13.2 Å². The third-order valence-corrected chi connectivity index (χ3v) is 3.77. The van der Waals surface area contributed by atoms with Crippen LogP contribution in [-0.2, 0) is 4.74 Å². The number of rotatable bonds is 5. The number of nitrogens with zero attached hydrogens (tertiary/aromatic N) is 3. The molecule has 0 aromatic rings. The Hall–Kier alpha value is -1.73. The zero-order valence-electron chi connectivity index (χ0n) is 11.0. The van der Waals surface area contributed by atoms with Crippen LogP contribution in [-0.4, -0.2) is 46.2 Å². The second-order valence-corrected chi connectivity index (χ2v) is 5.23. The molecule has 2 atom stereocenters. The molecule has 1 aliphatic carbocycles. The molecule has 0 saturated heterocycles. The number of amidine groups is 1. The topological polar surface area (TPSA) is 88.2 Å². The fraction of sp³-hybridized carbons (Fsp3) is 0.615. The molecule has 0 amide bonds. The maximum atomic E-state index is 10.9. The van der Waals surface area contributed by atoms with Gasteiger partial charge in [-0.1, -0.05) is 0 Å². The average molecular weight is 279 g/mol. The van der Waals surface area contributed by atoms with Crippen molar-refractivity contribution in [2.24, 2.45) is 10.9 Å². The molecule has 1 fully saturated rings. The number of hydrogen-bond acceptors (Lipinski definition) is 6. The van der Waals surface area contributed by atoms with Crippen LogP contribution in [0.15, 0.2) is 29.0 Å². The highest BCUT2D eigenvalue weighted by molar-refractivity contribution is 5.95. The van der Waals surface area contributed by atoms with Crippen molar-refractivity contribution in [1.29, 1.82) is 0 Å². The van der Waals surface area contributed by atoms with Crippen LogP contribution in [0.2, 0.25) is 0 Å². The van der Waals surface area contributed by atoms with Crippen molar-refractivity contribution in [3.8, 4) is 0 Å². The van der Waals surface area contributed by atoms with E-state index < -0.39 is 4.92 Å². The van der Waals surface area contributed by atoms with Gasteiger partial charge in [0.15, 0.2) is 0 Å². The molecule has 1 saturated carbocycles. The molecule has 2 aliphatic heterocycles. The van der Waals surface area contributed by atoms with Gasteiger partial charge in [-0.15, -0.1) is 0 Å². The van der Waals surface area contributed by atoms with Crippen LogP contribution in [0, 0.1) is 16.0 Å². The van der Waals surface area contributed by atoms with E-state index in [9.17, 15) is 10.1 Å². The highest BCUT2D eigenvalue weighted by Crippen LogP contribution is 2.39. The van der Waals surface area contributed by atoms with Gasteiger partial charge in [0.1, 0.15) is 12.1 Å². The molecule has 3 rings (SSSR count). The zero-order chi connectivity index (χ0) is 14.1. The van der Waals surface area contributed by atoms with Crippen LogP contribution >= 0.6 is 0 Å². The van der Waals surface area contributed by atoms with E-state index in [0.29, 0.717) is 18.2 Å². The smallest absolute Gasteiger partial charge is 0.285 e. The molecule has 0 spiro atoms. The quantitative estimate of drug-likeness (QED) is 0.596. The summed E-state index contributed by atoms with van der Waals surface area (Å²) in [6, 6.07) is 0.222. The predicted octanol–water partition coefficient (Wildman–Crippen LogP) is 0.892. The van der Waals surface area contributed by atoms with Crippen LogP contribution in [0.5, 0.6) is 0 Å². The number of fused-ring (bicyclic) bond motifs is 1. The number of aliphatic hydroxyl groups excluding tert-OH is 1. The molecule has 20 heavy (non-hydrogen) atoms. The Balaban J connectivity index is 1.84. The Labute approximate surface area is 116 Å². The molecule has 108 valence electrons. The largest absolute Gasteiger partial charge is 0.394 e. The Morgan fingerprint density at radius 3 is 2.95 bits per heavy atom. The van der Waals surface area contributed by atoms with Gasteiger partial charge in [-0.2, -0.15) is 0 Å². The molecular formula is C13H17N3O4. The van der Waals surface area contributed by atoms with Gasteiger partial charge in [0.05, 0.1) is 30.4 Å². The van der Waals surface area contributed by atoms with Crippen LogP contribution in [0.25, 0.3) is 0 Å². The monoisotopic (exact) mass is 279 g/mol. The van der Waals surface area contributed by atoms with E-state index in [-0.39, 0.29) is 31.2 Å². The fourth-order valence-electron chi connectivity index (χ4n) is 2.60. The number of aliphatic hydroxyl groups is 1. The number of nitro groups is 1. The lowest BCUT2D eigenvalue weighted by Crippen LogP contribution is -2.46. The zero-order valence-corrected chi connectivity index (χ0v) is 11.0. The third-order valence-electron chi connectivity index (χ3n) is 3.77. The second kappa shape index (κ2) is 5.34. The first-order chi connectivity index (χ1) is 9.69. The van der Waals surface area contributed by atoms with Gasteiger partial charge >= 0.3 is 0 Å². The first kappa shape index (κ1) is 13.3. The van der Waals surface area contributed by atoms with E-state index in [1.54, 1.807) is 11.0 Å². The standard InChI is InChI=1S/C13H17N3O4/c17-5-6-20-13-7-11(9-1-2-9)14-12-4-3-10(16(18)19)8-15(12)13/h3-4,8-9,11,13,17H,1-2,5-7H2. The minimum Gasteiger partial charge on any atom is -0.394 e. The van der Waals surface area contributed by atoms with Crippen molar-refractivity contribution >= 4 is 5.84 Å². The summed E-state index contributed by atoms with van der Waals surface area (Å²) in [6.45, 7) is 0.156. The summed E-state index contributed by atoms with van der Waals surface area (Å²) in [5.74, 6) is 1.32. The van der Waals surface area contributed by atoms with E-state index in [1.165, 1.54) is 25.1 Å². The molecule has 1 N–H and O–H groups in total. The summed E-state index contributed by atoms with van der Waals surface area (Å²) in [5, 5.41) is 19.8. The van der Waals surface area contributed by atoms with Crippen LogP contribution in [0.4, 0.5) is 0 Å². The molecule has 7 heteroatoms. The molecule has 2 heterocycles. The van der Waals surface area contributed by atoms with Gasteiger partial charge in [-0.05, 0) is 24.8 Å². The van der Waals surface area contributed by atoms with Gasteiger partial charge in [0.25, 0.3) is 5.70 Å². The number of allylic oxidation sites excluding steroid dienone is 1. The summed E-state index contributed by atoms with van der Waals surface area (Å²) in [7, 11) is 0. The van der Waals surface area contributed by atoms with Gasteiger partial charge in [-0.25, -0.2) is 0 Å². The lowest BCUT2D eigenvalue weighted by molar-refractivity contribution is -0.420. The average Bonchev–Trinajstić information content (AvgIpc) is 3.28. The summed E-state index contributed by atoms with van der Waals surface area (Å²) in [4.78, 5) is 16.8. The number of ether oxygens (including phenoxy) is 1.